The number of imidazole rings is 1. The number of nitrogens with two attached hydrogens (primary N) is 1. The number of aryl methyl sites for hydroxylation is 3. The van der Waals surface area contributed by atoms with Crippen molar-refractivity contribution in [1.82, 2.24) is 9.55 Å². The number of rotatable bonds is 1. The summed E-state index contributed by atoms with van der Waals surface area (Å²) >= 11 is 0. The number of hydrazine groups is 1. The zero-order chi connectivity index (χ0) is 10.3. The van der Waals surface area contributed by atoms with E-state index in [0.29, 0.717) is 5.95 Å². The summed E-state index contributed by atoms with van der Waals surface area (Å²) in [5, 5.41) is 0. The largest absolute Gasteiger partial charge is 0.312 e. The Morgan fingerprint density at radius 2 is 1.93 bits per heavy atom. The fourth-order valence-corrected chi connectivity index (χ4v) is 1.58. The fourth-order valence-electron chi connectivity index (χ4n) is 1.58. The third-order valence-electron chi connectivity index (χ3n) is 2.63. The lowest BCUT2D eigenvalue weighted by atomic mass is 10.1. The molecule has 4 heteroatoms. The van der Waals surface area contributed by atoms with Crippen LogP contribution in [0.15, 0.2) is 12.1 Å². The Balaban J connectivity index is 2.80. The summed E-state index contributed by atoms with van der Waals surface area (Å²) in [5.41, 5.74) is 7.17. The van der Waals surface area contributed by atoms with Crippen LogP contribution in [0.5, 0.6) is 0 Å². The average molecular weight is 190 g/mol. The van der Waals surface area contributed by atoms with Gasteiger partial charge in [-0.3, -0.25) is 5.43 Å². The first-order chi connectivity index (χ1) is 6.63. The molecule has 0 atom stereocenters. The van der Waals surface area contributed by atoms with Crippen LogP contribution in [0.1, 0.15) is 11.1 Å². The van der Waals surface area contributed by atoms with E-state index in [2.05, 4.69) is 36.4 Å². The van der Waals surface area contributed by atoms with Gasteiger partial charge in [-0.15, -0.1) is 0 Å². The molecule has 0 unspecified atom stereocenters. The molecule has 0 spiro atoms. The molecular formula is C10H14N4. The lowest BCUT2D eigenvalue weighted by Crippen LogP contribution is -2.11. The number of nitrogen functional groups attached to an aromatic ring is 1. The van der Waals surface area contributed by atoms with Crippen LogP contribution < -0.4 is 11.3 Å². The van der Waals surface area contributed by atoms with Crippen LogP contribution in [0.2, 0.25) is 0 Å². The van der Waals surface area contributed by atoms with Gasteiger partial charge in [-0.25, -0.2) is 10.8 Å². The van der Waals surface area contributed by atoms with Crippen molar-refractivity contribution in [3.63, 3.8) is 0 Å². The molecule has 74 valence electrons. The maximum atomic E-state index is 5.36. The average Bonchev–Trinajstić information content (AvgIpc) is 2.45. The number of anilines is 1. The molecule has 0 aliphatic rings. The quantitative estimate of drug-likeness (QED) is 0.529. The molecule has 0 saturated heterocycles. The van der Waals surface area contributed by atoms with E-state index in [1.807, 2.05) is 11.6 Å². The van der Waals surface area contributed by atoms with E-state index >= 15 is 0 Å². The smallest absolute Gasteiger partial charge is 0.218 e. The van der Waals surface area contributed by atoms with Gasteiger partial charge >= 0.3 is 0 Å². The zero-order valence-electron chi connectivity index (χ0n) is 8.63. The number of hydrogen-bond acceptors (Lipinski definition) is 3. The van der Waals surface area contributed by atoms with Gasteiger partial charge in [-0.2, -0.15) is 0 Å². The first-order valence-electron chi connectivity index (χ1n) is 4.54. The van der Waals surface area contributed by atoms with Gasteiger partial charge in [-0.05, 0) is 37.1 Å². The number of benzene rings is 1. The van der Waals surface area contributed by atoms with Crippen LogP contribution >= 0.6 is 0 Å². The van der Waals surface area contributed by atoms with Crippen LogP contribution in [-0.4, -0.2) is 9.55 Å². The molecule has 4 nitrogen and oxygen atoms in total. The minimum absolute atomic E-state index is 0.685. The zero-order valence-corrected chi connectivity index (χ0v) is 8.63. The Morgan fingerprint density at radius 1 is 1.29 bits per heavy atom. The van der Waals surface area contributed by atoms with Crippen molar-refractivity contribution in [3.8, 4) is 0 Å². The summed E-state index contributed by atoms with van der Waals surface area (Å²) in [6, 6.07) is 4.20. The van der Waals surface area contributed by atoms with Gasteiger partial charge < -0.3 is 4.57 Å². The molecule has 1 aromatic heterocycles. The second kappa shape index (κ2) is 2.99. The van der Waals surface area contributed by atoms with Gasteiger partial charge in [0.05, 0.1) is 11.0 Å². The molecular weight excluding hydrogens is 176 g/mol. The molecule has 0 aliphatic heterocycles. The predicted octanol–water partition coefficient (Wildman–Crippen LogP) is 1.48. The topological polar surface area (TPSA) is 55.9 Å². The van der Waals surface area contributed by atoms with E-state index in [1.165, 1.54) is 11.1 Å². The molecule has 1 heterocycles. The Morgan fingerprint density at radius 3 is 2.57 bits per heavy atom. The van der Waals surface area contributed by atoms with Crippen LogP contribution in [0.4, 0.5) is 5.95 Å². The summed E-state index contributed by atoms with van der Waals surface area (Å²) in [6.07, 6.45) is 0. The minimum atomic E-state index is 0.685. The van der Waals surface area contributed by atoms with Crippen molar-refractivity contribution in [2.75, 3.05) is 5.43 Å². The van der Waals surface area contributed by atoms with E-state index in [9.17, 15) is 0 Å². The third-order valence-corrected chi connectivity index (χ3v) is 2.63. The maximum Gasteiger partial charge on any atom is 0.218 e. The molecule has 0 amide bonds. The van der Waals surface area contributed by atoms with E-state index in [-0.39, 0.29) is 0 Å². The molecule has 2 aromatic rings. The number of fused-ring (bicyclic) bond motifs is 1. The van der Waals surface area contributed by atoms with Gasteiger partial charge in [0, 0.05) is 7.05 Å². The standard InChI is InChI=1S/C10H14N4/c1-6-4-8-9(5-7(6)2)14(3)10(12-8)13-11/h4-5H,11H2,1-3H3,(H,12,13). The lowest BCUT2D eigenvalue weighted by molar-refractivity contribution is 0.941. The number of nitrogens with one attached hydrogen (secondary N) is 1. The summed E-state index contributed by atoms with van der Waals surface area (Å²) in [6.45, 7) is 4.18. The Hall–Kier alpha value is -1.55. The van der Waals surface area contributed by atoms with E-state index < -0.39 is 0 Å². The fraction of sp³-hybridized carbons (Fsp3) is 0.300. The number of aromatic nitrogens is 2. The first-order valence-corrected chi connectivity index (χ1v) is 4.54. The highest BCUT2D eigenvalue weighted by Crippen LogP contribution is 2.21. The summed E-state index contributed by atoms with van der Waals surface area (Å²) in [7, 11) is 1.94. The van der Waals surface area contributed by atoms with Crippen LogP contribution in [-0.2, 0) is 7.05 Å². The highest BCUT2D eigenvalue weighted by Gasteiger charge is 2.07. The van der Waals surface area contributed by atoms with Crippen molar-refractivity contribution in [2.45, 2.75) is 13.8 Å². The predicted molar refractivity (Wildman–Crippen MR) is 58.0 cm³/mol. The minimum Gasteiger partial charge on any atom is -0.312 e. The van der Waals surface area contributed by atoms with Crippen molar-refractivity contribution >= 4 is 17.0 Å². The highest BCUT2D eigenvalue weighted by molar-refractivity contribution is 5.80. The van der Waals surface area contributed by atoms with E-state index in [1.54, 1.807) is 0 Å². The van der Waals surface area contributed by atoms with Gasteiger partial charge in [-0.1, -0.05) is 0 Å². The Kier molecular flexibility index (Phi) is 1.93. The normalized spacial score (nSPS) is 10.9. The SMILES string of the molecule is Cc1cc2nc(NN)n(C)c2cc1C. The maximum absolute atomic E-state index is 5.36. The molecule has 0 radical (unpaired) electrons. The summed E-state index contributed by atoms with van der Waals surface area (Å²) in [4.78, 5) is 4.36. The molecule has 0 fully saturated rings. The van der Waals surface area contributed by atoms with Gasteiger partial charge in [0.1, 0.15) is 0 Å². The van der Waals surface area contributed by atoms with Crippen molar-refractivity contribution in [2.24, 2.45) is 12.9 Å². The molecule has 0 aliphatic carbocycles. The highest BCUT2D eigenvalue weighted by atomic mass is 15.3. The summed E-state index contributed by atoms with van der Waals surface area (Å²) < 4.78 is 1.95. The molecule has 0 bridgehead atoms. The van der Waals surface area contributed by atoms with Gasteiger partial charge in [0.15, 0.2) is 0 Å². The first kappa shape index (κ1) is 9.02. The summed E-state index contributed by atoms with van der Waals surface area (Å²) in [5.74, 6) is 6.04. The van der Waals surface area contributed by atoms with Crippen LogP contribution in [0.25, 0.3) is 11.0 Å². The lowest BCUT2D eigenvalue weighted by Gasteiger charge is -2.01. The molecule has 3 N–H and O–H groups in total. The monoisotopic (exact) mass is 190 g/mol. The molecule has 14 heavy (non-hydrogen) atoms. The number of hydrogen-bond donors (Lipinski definition) is 2. The van der Waals surface area contributed by atoms with Gasteiger partial charge in [0.2, 0.25) is 5.95 Å². The van der Waals surface area contributed by atoms with Crippen molar-refractivity contribution in [3.05, 3.63) is 23.3 Å². The Labute approximate surface area is 82.7 Å². The molecule has 1 aromatic carbocycles. The second-order valence-electron chi connectivity index (χ2n) is 3.56. The van der Waals surface area contributed by atoms with E-state index in [0.717, 1.165) is 11.0 Å². The molecule has 2 rings (SSSR count). The van der Waals surface area contributed by atoms with Crippen LogP contribution in [0.3, 0.4) is 0 Å². The van der Waals surface area contributed by atoms with Crippen molar-refractivity contribution < 1.29 is 0 Å². The van der Waals surface area contributed by atoms with Crippen molar-refractivity contribution in [1.29, 1.82) is 0 Å². The van der Waals surface area contributed by atoms with E-state index in [4.69, 9.17) is 5.84 Å². The third kappa shape index (κ3) is 1.15. The Bertz CT molecular complexity index is 484. The second-order valence-corrected chi connectivity index (χ2v) is 3.56. The van der Waals surface area contributed by atoms with Crippen LogP contribution in [0, 0.1) is 13.8 Å². The molecule has 0 saturated carbocycles. The number of nitrogens with zero attached hydrogens (tertiary/aromatic N) is 2. The van der Waals surface area contributed by atoms with Gasteiger partial charge in [0.25, 0.3) is 0 Å².